The first-order valence-electron chi connectivity index (χ1n) is 13.2. The summed E-state index contributed by atoms with van der Waals surface area (Å²) < 4.78 is 60.9. The van der Waals surface area contributed by atoms with Crippen molar-refractivity contribution in [3.05, 3.63) is 112 Å². The van der Waals surface area contributed by atoms with Crippen molar-refractivity contribution in [1.82, 2.24) is 0 Å². The normalized spacial score (nSPS) is 12.3. The van der Waals surface area contributed by atoms with E-state index in [1.165, 1.54) is 21.3 Å². The average molecular weight is 560 g/mol. The Balaban J connectivity index is 1.55. The lowest BCUT2D eigenvalue weighted by Crippen LogP contribution is -2.21. The molecule has 0 unspecified atom stereocenters. The molecule has 0 N–H and O–H groups in total. The largest absolute Gasteiger partial charge is 0.493 e. The molecule has 0 saturated carbocycles. The highest BCUT2D eigenvalue weighted by Crippen LogP contribution is 2.42. The molecule has 41 heavy (non-hydrogen) atoms. The van der Waals surface area contributed by atoms with Crippen molar-refractivity contribution in [2.75, 3.05) is 27.9 Å². The van der Waals surface area contributed by atoms with E-state index in [2.05, 4.69) is 4.99 Å². The van der Waals surface area contributed by atoms with Crippen LogP contribution in [-0.2, 0) is 26.1 Å². The predicted octanol–water partition coefficient (Wildman–Crippen LogP) is 6.74. The lowest BCUT2D eigenvalue weighted by atomic mass is 9.91. The van der Waals surface area contributed by atoms with Crippen LogP contribution in [0.4, 0.5) is 8.78 Å². The van der Waals surface area contributed by atoms with E-state index in [1.807, 2.05) is 60.7 Å². The van der Waals surface area contributed by atoms with E-state index in [4.69, 9.17) is 23.7 Å². The third kappa shape index (κ3) is 5.96. The number of aliphatic imine (C=N–C) groups is 1. The molecule has 0 bridgehead atoms. The molecule has 8 heteroatoms. The molecule has 0 aromatic heterocycles. The van der Waals surface area contributed by atoms with E-state index < -0.39 is 11.6 Å². The number of hydrogen-bond acceptors (Lipinski definition) is 6. The van der Waals surface area contributed by atoms with Crippen molar-refractivity contribution in [2.45, 2.75) is 26.1 Å². The molecular formula is C33H31F2NO5. The summed E-state index contributed by atoms with van der Waals surface area (Å²) in [5.41, 5.74) is 3.08. The molecule has 0 fully saturated rings. The summed E-state index contributed by atoms with van der Waals surface area (Å²) in [7, 11) is 4.57. The van der Waals surface area contributed by atoms with Gasteiger partial charge in [-0.1, -0.05) is 60.7 Å². The smallest absolute Gasteiger partial charge is 0.203 e. The number of halogens is 2. The monoisotopic (exact) mass is 559 g/mol. The van der Waals surface area contributed by atoms with Gasteiger partial charge in [0.15, 0.2) is 23.1 Å². The van der Waals surface area contributed by atoms with Crippen molar-refractivity contribution >= 4 is 5.71 Å². The van der Waals surface area contributed by atoms with Crippen molar-refractivity contribution in [3.8, 4) is 28.7 Å². The minimum absolute atomic E-state index is 0.0387. The van der Waals surface area contributed by atoms with E-state index >= 15 is 8.78 Å². The van der Waals surface area contributed by atoms with Gasteiger partial charge >= 0.3 is 0 Å². The van der Waals surface area contributed by atoms with Crippen LogP contribution in [0.1, 0.15) is 27.8 Å². The van der Waals surface area contributed by atoms with Crippen molar-refractivity contribution in [3.63, 3.8) is 0 Å². The molecule has 1 heterocycles. The Hall–Kier alpha value is -4.59. The molecule has 4 aromatic carbocycles. The van der Waals surface area contributed by atoms with Crippen LogP contribution in [0.15, 0.2) is 77.8 Å². The van der Waals surface area contributed by atoms with E-state index in [0.29, 0.717) is 29.5 Å². The minimum Gasteiger partial charge on any atom is -0.493 e. The van der Waals surface area contributed by atoms with E-state index in [9.17, 15) is 0 Å². The summed E-state index contributed by atoms with van der Waals surface area (Å²) in [5.74, 6) is -0.498. The van der Waals surface area contributed by atoms with Gasteiger partial charge in [-0.15, -0.1) is 0 Å². The van der Waals surface area contributed by atoms with Crippen molar-refractivity contribution < 1.29 is 32.5 Å². The molecule has 0 aliphatic carbocycles. The van der Waals surface area contributed by atoms with Gasteiger partial charge in [0.2, 0.25) is 17.2 Å². The van der Waals surface area contributed by atoms with Crippen LogP contribution in [0.25, 0.3) is 0 Å². The lowest BCUT2D eigenvalue weighted by molar-refractivity contribution is 0.234. The maximum Gasteiger partial charge on any atom is 0.203 e. The molecular weight excluding hydrogens is 528 g/mol. The van der Waals surface area contributed by atoms with Gasteiger partial charge in [0, 0.05) is 29.8 Å². The molecule has 4 aromatic rings. The maximum atomic E-state index is 16.5. The molecule has 1 aliphatic heterocycles. The van der Waals surface area contributed by atoms with Crippen molar-refractivity contribution in [2.24, 2.45) is 4.99 Å². The fourth-order valence-corrected chi connectivity index (χ4v) is 4.90. The van der Waals surface area contributed by atoms with Gasteiger partial charge in [0.1, 0.15) is 13.2 Å². The molecule has 6 nitrogen and oxygen atoms in total. The Bertz CT molecular complexity index is 1520. The summed E-state index contributed by atoms with van der Waals surface area (Å²) in [6.45, 7) is 0.409. The number of rotatable bonds is 11. The third-order valence-electron chi connectivity index (χ3n) is 6.89. The summed E-state index contributed by atoms with van der Waals surface area (Å²) >= 11 is 0. The topological polar surface area (TPSA) is 58.5 Å². The Morgan fingerprint density at radius 3 is 1.71 bits per heavy atom. The minimum atomic E-state index is -0.703. The number of fused-ring (bicyclic) bond motifs is 1. The van der Waals surface area contributed by atoms with E-state index in [1.54, 1.807) is 12.1 Å². The fraction of sp³-hybridized carbons (Fsp3) is 0.242. The number of nitrogens with zero attached hydrogens (tertiary/aromatic N) is 1. The molecule has 0 atom stereocenters. The number of ether oxygens (including phenoxy) is 5. The predicted molar refractivity (Wildman–Crippen MR) is 153 cm³/mol. The summed E-state index contributed by atoms with van der Waals surface area (Å²) in [5, 5.41) is 0. The zero-order valence-corrected chi connectivity index (χ0v) is 23.2. The highest BCUT2D eigenvalue weighted by molar-refractivity contribution is 6.05. The lowest BCUT2D eigenvalue weighted by Gasteiger charge is -2.24. The van der Waals surface area contributed by atoms with Gasteiger partial charge in [-0.05, 0) is 35.2 Å². The average Bonchev–Trinajstić information content (AvgIpc) is 3.02. The quantitative estimate of drug-likeness (QED) is 0.204. The Morgan fingerprint density at radius 2 is 1.20 bits per heavy atom. The summed E-state index contributed by atoms with van der Waals surface area (Å²) in [6, 6.07) is 22.2. The Kier molecular flexibility index (Phi) is 8.67. The van der Waals surface area contributed by atoms with Crippen LogP contribution in [0.5, 0.6) is 28.7 Å². The number of benzene rings is 4. The first-order valence-corrected chi connectivity index (χ1v) is 13.2. The summed E-state index contributed by atoms with van der Waals surface area (Å²) in [6.07, 6.45) is 0.444. The number of hydrogen-bond donors (Lipinski definition) is 0. The van der Waals surface area contributed by atoms with Gasteiger partial charge in [-0.25, -0.2) is 8.78 Å². The highest BCUT2D eigenvalue weighted by atomic mass is 19.1. The number of methoxy groups -OCH3 is 3. The molecule has 5 rings (SSSR count). The molecule has 0 saturated heterocycles. The Labute approximate surface area is 238 Å². The highest BCUT2D eigenvalue weighted by Gasteiger charge is 2.31. The van der Waals surface area contributed by atoms with Gasteiger partial charge < -0.3 is 23.7 Å². The van der Waals surface area contributed by atoms with Crippen LogP contribution >= 0.6 is 0 Å². The molecule has 1 aliphatic rings. The fourth-order valence-electron chi connectivity index (χ4n) is 4.90. The third-order valence-corrected chi connectivity index (χ3v) is 6.89. The molecule has 212 valence electrons. The van der Waals surface area contributed by atoms with Gasteiger partial charge in [0.05, 0.1) is 21.3 Å². The van der Waals surface area contributed by atoms with E-state index in [0.717, 1.165) is 16.7 Å². The Morgan fingerprint density at radius 1 is 0.659 bits per heavy atom. The van der Waals surface area contributed by atoms with Crippen LogP contribution in [0, 0.1) is 11.6 Å². The second-order valence-corrected chi connectivity index (χ2v) is 9.48. The molecule has 0 spiro atoms. The SMILES string of the molecule is COc1cc(CC2=NCCc3c(F)c(OCc4ccccc4)c(OCc4ccccc4)c(F)c32)cc(OC)c1OC. The van der Waals surface area contributed by atoms with Crippen LogP contribution < -0.4 is 23.7 Å². The zero-order chi connectivity index (χ0) is 28.8. The second-order valence-electron chi connectivity index (χ2n) is 9.48. The van der Waals surface area contributed by atoms with Gasteiger partial charge in [0.25, 0.3) is 0 Å². The maximum absolute atomic E-state index is 16.5. The second kappa shape index (κ2) is 12.7. The first-order chi connectivity index (χ1) is 20.0. The van der Waals surface area contributed by atoms with Crippen LogP contribution in [0.3, 0.4) is 0 Å². The van der Waals surface area contributed by atoms with Gasteiger partial charge in [-0.3, -0.25) is 4.99 Å². The van der Waals surface area contributed by atoms with Gasteiger partial charge in [-0.2, -0.15) is 0 Å². The molecule has 0 amide bonds. The molecule has 0 radical (unpaired) electrons. The standard InChI is InChI=1S/C33H31F2NO5/c1-37-26-17-23(18-27(38-2)31(26)39-3)16-25-28-24(14-15-36-25)29(34)32(40-19-21-10-6-4-7-11-21)33(30(28)35)41-20-22-12-8-5-9-13-22/h4-13,17-18H,14-16,19-20H2,1-3H3. The zero-order valence-electron chi connectivity index (χ0n) is 23.2. The van der Waals surface area contributed by atoms with E-state index in [-0.39, 0.29) is 48.7 Å². The first kappa shape index (κ1) is 28.0. The van der Waals surface area contributed by atoms with Crippen molar-refractivity contribution in [1.29, 1.82) is 0 Å². The summed E-state index contributed by atoms with van der Waals surface area (Å²) in [4.78, 5) is 4.60. The van der Waals surface area contributed by atoms with Crippen LogP contribution in [-0.4, -0.2) is 33.6 Å². The van der Waals surface area contributed by atoms with Crippen LogP contribution in [0.2, 0.25) is 0 Å².